The Kier molecular flexibility index (Phi) is 8.99. The Bertz CT molecular complexity index is 1380. The van der Waals surface area contributed by atoms with Gasteiger partial charge in [0.2, 0.25) is 11.8 Å². The van der Waals surface area contributed by atoms with E-state index >= 15 is 0 Å². The van der Waals surface area contributed by atoms with E-state index in [1.165, 1.54) is 17.0 Å². The number of anilines is 1. The molecule has 0 bridgehead atoms. The quantitative estimate of drug-likeness (QED) is 0.425. The molecule has 38 heavy (non-hydrogen) atoms. The number of hydrogen-bond donors (Lipinski definition) is 1. The number of aryl methyl sites for hydroxylation is 2. The molecule has 202 valence electrons. The van der Waals surface area contributed by atoms with Gasteiger partial charge in [0.25, 0.3) is 10.0 Å². The van der Waals surface area contributed by atoms with Crippen molar-refractivity contribution in [3.8, 4) is 0 Å². The van der Waals surface area contributed by atoms with E-state index in [1.807, 2.05) is 58.0 Å². The highest BCUT2D eigenvalue weighted by Gasteiger charge is 2.33. The zero-order chi connectivity index (χ0) is 28.1. The maximum absolute atomic E-state index is 14.0. The van der Waals surface area contributed by atoms with Crippen LogP contribution in [0.3, 0.4) is 0 Å². The second kappa shape index (κ2) is 11.8. The highest BCUT2D eigenvalue weighted by Crippen LogP contribution is 2.27. The van der Waals surface area contributed by atoms with Crippen molar-refractivity contribution in [3.63, 3.8) is 0 Å². The van der Waals surface area contributed by atoms with Gasteiger partial charge >= 0.3 is 0 Å². The van der Waals surface area contributed by atoms with Gasteiger partial charge in [0, 0.05) is 12.1 Å². The summed E-state index contributed by atoms with van der Waals surface area (Å²) in [5.74, 6) is -0.794. The molecular formula is C30H37N3O4S. The van der Waals surface area contributed by atoms with Crippen LogP contribution in [0.4, 0.5) is 5.69 Å². The molecule has 0 saturated heterocycles. The monoisotopic (exact) mass is 535 g/mol. The van der Waals surface area contributed by atoms with Crippen molar-refractivity contribution < 1.29 is 18.0 Å². The van der Waals surface area contributed by atoms with Crippen molar-refractivity contribution in [1.82, 2.24) is 10.2 Å². The molecule has 2 amide bonds. The smallest absolute Gasteiger partial charge is 0.264 e. The minimum Gasteiger partial charge on any atom is -0.350 e. The van der Waals surface area contributed by atoms with Gasteiger partial charge in [0.1, 0.15) is 12.6 Å². The number of nitrogens with zero attached hydrogens (tertiary/aromatic N) is 2. The number of rotatable bonds is 9. The summed E-state index contributed by atoms with van der Waals surface area (Å²) in [5.41, 5.74) is 2.50. The average Bonchev–Trinajstić information content (AvgIpc) is 2.85. The first-order valence-corrected chi connectivity index (χ1v) is 14.0. The van der Waals surface area contributed by atoms with Gasteiger partial charge in [-0.1, -0.05) is 66.2 Å². The molecule has 0 saturated carbocycles. The number of nitrogens with one attached hydrogen (secondary N) is 1. The van der Waals surface area contributed by atoms with E-state index in [1.54, 1.807) is 50.2 Å². The van der Waals surface area contributed by atoms with E-state index in [9.17, 15) is 18.0 Å². The normalized spacial score (nSPS) is 12.5. The Morgan fingerprint density at radius 3 is 2.13 bits per heavy atom. The van der Waals surface area contributed by atoms with E-state index in [4.69, 9.17) is 0 Å². The maximum Gasteiger partial charge on any atom is 0.264 e. The lowest BCUT2D eigenvalue weighted by Crippen LogP contribution is -2.54. The molecule has 0 fully saturated rings. The number of carbonyl (C=O) groups is 2. The lowest BCUT2D eigenvalue weighted by molar-refractivity contribution is -0.140. The second-order valence-corrected chi connectivity index (χ2v) is 12.4. The number of benzene rings is 3. The molecule has 1 N–H and O–H groups in total. The Labute approximate surface area is 226 Å². The third-order valence-corrected chi connectivity index (χ3v) is 7.87. The first-order valence-electron chi connectivity index (χ1n) is 12.6. The fourth-order valence-corrected chi connectivity index (χ4v) is 5.64. The number of sulfonamides is 1. The lowest BCUT2D eigenvalue weighted by Gasteiger charge is -2.34. The minimum absolute atomic E-state index is 0.0832. The molecule has 0 heterocycles. The molecular weight excluding hydrogens is 498 g/mol. The molecule has 0 spiro atoms. The van der Waals surface area contributed by atoms with Crippen LogP contribution in [-0.2, 0) is 26.2 Å². The van der Waals surface area contributed by atoms with Gasteiger partial charge in [0.05, 0.1) is 10.6 Å². The summed E-state index contributed by atoms with van der Waals surface area (Å²) in [5, 5.41) is 2.94. The third kappa shape index (κ3) is 7.22. The molecule has 0 aromatic heterocycles. The van der Waals surface area contributed by atoms with Crippen LogP contribution in [-0.4, -0.2) is 43.3 Å². The van der Waals surface area contributed by atoms with Gasteiger partial charge in [-0.15, -0.1) is 0 Å². The van der Waals surface area contributed by atoms with E-state index in [0.717, 1.165) is 15.4 Å². The van der Waals surface area contributed by atoms with Crippen LogP contribution in [0.5, 0.6) is 0 Å². The number of para-hydroxylation sites is 1. The molecule has 0 unspecified atom stereocenters. The van der Waals surface area contributed by atoms with Gasteiger partial charge in [-0.3, -0.25) is 13.9 Å². The summed E-state index contributed by atoms with van der Waals surface area (Å²) in [7, 11) is -4.07. The van der Waals surface area contributed by atoms with Crippen LogP contribution >= 0.6 is 0 Å². The molecule has 7 nitrogen and oxygen atoms in total. The fourth-order valence-electron chi connectivity index (χ4n) is 4.14. The van der Waals surface area contributed by atoms with Crippen molar-refractivity contribution in [3.05, 3.63) is 95.6 Å². The largest absolute Gasteiger partial charge is 0.350 e. The number of amides is 2. The first-order chi connectivity index (χ1) is 17.8. The molecule has 0 aliphatic rings. The van der Waals surface area contributed by atoms with Crippen molar-refractivity contribution in [2.24, 2.45) is 0 Å². The Hall–Kier alpha value is -3.65. The molecule has 8 heteroatoms. The van der Waals surface area contributed by atoms with Crippen LogP contribution in [0, 0.1) is 13.8 Å². The molecule has 1 atom stereocenters. The molecule has 0 aliphatic carbocycles. The molecule has 3 aromatic carbocycles. The maximum atomic E-state index is 14.0. The molecule has 3 rings (SSSR count). The predicted octanol–water partition coefficient (Wildman–Crippen LogP) is 4.83. The van der Waals surface area contributed by atoms with Crippen LogP contribution in [0.1, 0.15) is 44.4 Å². The van der Waals surface area contributed by atoms with Crippen molar-refractivity contribution >= 4 is 27.5 Å². The van der Waals surface area contributed by atoms with E-state index in [2.05, 4.69) is 5.32 Å². The first kappa shape index (κ1) is 28.9. The van der Waals surface area contributed by atoms with Crippen molar-refractivity contribution in [2.75, 3.05) is 10.8 Å². The van der Waals surface area contributed by atoms with Crippen LogP contribution in [0.2, 0.25) is 0 Å². The third-order valence-electron chi connectivity index (χ3n) is 6.10. The summed E-state index contributed by atoms with van der Waals surface area (Å²) in [4.78, 5) is 28.6. The SMILES string of the molecule is Cc1cccc(CN(C(=O)CN(c2ccccc2C)S(=O)(=O)c2ccccc2)[C@@H](C)C(=O)NC(C)(C)C)c1. The van der Waals surface area contributed by atoms with E-state index < -0.39 is 34.1 Å². The van der Waals surface area contributed by atoms with Crippen LogP contribution < -0.4 is 9.62 Å². The highest BCUT2D eigenvalue weighted by molar-refractivity contribution is 7.92. The van der Waals surface area contributed by atoms with Crippen LogP contribution in [0.15, 0.2) is 83.8 Å². The van der Waals surface area contributed by atoms with Gasteiger partial charge in [-0.2, -0.15) is 0 Å². The topological polar surface area (TPSA) is 86.8 Å². The van der Waals surface area contributed by atoms with Gasteiger partial charge in [-0.05, 0) is 70.9 Å². The van der Waals surface area contributed by atoms with Gasteiger partial charge in [-0.25, -0.2) is 8.42 Å². The van der Waals surface area contributed by atoms with E-state index in [-0.39, 0.29) is 17.3 Å². The van der Waals surface area contributed by atoms with Crippen LogP contribution in [0.25, 0.3) is 0 Å². The Morgan fingerprint density at radius 2 is 1.53 bits per heavy atom. The Morgan fingerprint density at radius 1 is 0.895 bits per heavy atom. The minimum atomic E-state index is -4.07. The van der Waals surface area contributed by atoms with Crippen molar-refractivity contribution in [2.45, 2.75) is 64.6 Å². The number of hydrogen-bond acceptors (Lipinski definition) is 4. The predicted molar refractivity (Wildman–Crippen MR) is 151 cm³/mol. The highest BCUT2D eigenvalue weighted by atomic mass is 32.2. The summed E-state index contributed by atoms with van der Waals surface area (Å²) in [6.07, 6.45) is 0. The standard InChI is InChI=1S/C30H37N3O4S/c1-22-13-12-15-25(19-22)20-32(24(3)29(35)31-30(4,5)6)28(34)21-33(27-18-11-10-14-23(27)2)38(36,37)26-16-8-7-9-17-26/h7-19,24H,20-21H2,1-6H3,(H,31,35)/t24-/m0/s1. The summed E-state index contributed by atoms with van der Waals surface area (Å²) >= 11 is 0. The van der Waals surface area contributed by atoms with Crippen molar-refractivity contribution in [1.29, 1.82) is 0 Å². The molecule has 0 radical (unpaired) electrons. The summed E-state index contributed by atoms with van der Waals surface area (Å²) in [6, 6.07) is 22.0. The zero-order valence-electron chi connectivity index (χ0n) is 22.9. The molecule has 0 aliphatic heterocycles. The zero-order valence-corrected chi connectivity index (χ0v) is 23.7. The summed E-state index contributed by atoms with van der Waals surface area (Å²) in [6.45, 7) is 10.7. The fraction of sp³-hybridized carbons (Fsp3) is 0.333. The second-order valence-electron chi connectivity index (χ2n) is 10.5. The lowest BCUT2D eigenvalue weighted by atomic mass is 10.1. The average molecular weight is 536 g/mol. The molecule has 3 aromatic rings. The summed E-state index contributed by atoms with van der Waals surface area (Å²) < 4.78 is 28.8. The van der Waals surface area contributed by atoms with Gasteiger partial charge < -0.3 is 10.2 Å². The number of carbonyl (C=O) groups excluding carboxylic acids is 2. The van der Waals surface area contributed by atoms with Gasteiger partial charge in [0.15, 0.2) is 0 Å². The van der Waals surface area contributed by atoms with E-state index in [0.29, 0.717) is 11.3 Å². The Balaban J connectivity index is 2.04.